The van der Waals surface area contributed by atoms with Crippen LogP contribution in [0, 0.1) is 5.82 Å². The van der Waals surface area contributed by atoms with Gasteiger partial charge in [0.2, 0.25) is 0 Å². The molecule has 20 heavy (non-hydrogen) atoms. The van der Waals surface area contributed by atoms with Gasteiger partial charge < -0.3 is 9.32 Å². The van der Waals surface area contributed by atoms with Crippen LogP contribution >= 0.6 is 15.9 Å². The van der Waals surface area contributed by atoms with Crippen LogP contribution in [-0.2, 0) is 6.54 Å². The molecule has 0 N–H and O–H groups in total. The van der Waals surface area contributed by atoms with Gasteiger partial charge in [0.15, 0.2) is 4.67 Å². The predicted molar refractivity (Wildman–Crippen MR) is 75.7 cm³/mol. The summed E-state index contributed by atoms with van der Waals surface area (Å²) in [5.41, 5.74) is 1.30. The number of carbonyl (C=O) groups is 1. The molecule has 1 aromatic heterocycles. The molecule has 0 aliphatic heterocycles. The number of hydrogen-bond acceptors (Lipinski definition) is 2. The zero-order valence-corrected chi connectivity index (χ0v) is 12.3. The average molecular weight is 338 g/mol. The Hall–Kier alpha value is -1.62. The molecular weight excluding hydrogens is 325 g/mol. The fourth-order valence-electron chi connectivity index (χ4n) is 2.19. The summed E-state index contributed by atoms with van der Waals surface area (Å²) in [5, 5.41) is 0. The molecular formula is C15H13BrFNO2. The molecule has 0 saturated heterocycles. The minimum atomic E-state index is -0.282. The minimum Gasteiger partial charge on any atom is -0.457 e. The number of furan rings is 1. The third-order valence-corrected chi connectivity index (χ3v) is 3.95. The molecule has 0 bridgehead atoms. The van der Waals surface area contributed by atoms with Gasteiger partial charge in [-0.25, -0.2) is 4.39 Å². The molecule has 1 aliphatic carbocycles. The summed E-state index contributed by atoms with van der Waals surface area (Å²) < 4.78 is 18.8. The zero-order valence-electron chi connectivity index (χ0n) is 10.7. The van der Waals surface area contributed by atoms with E-state index in [0.29, 0.717) is 16.8 Å². The summed E-state index contributed by atoms with van der Waals surface area (Å²) in [6.45, 7) is 0.416. The van der Waals surface area contributed by atoms with E-state index >= 15 is 0 Å². The summed E-state index contributed by atoms with van der Waals surface area (Å²) in [4.78, 5) is 14.3. The number of amides is 1. The highest BCUT2D eigenvalue weighted by Crippen LogP contribution is 2.31. The van der Waals surface area contributed by atoms with Crippen molar-refractivity contribution in [3.8, 4) is 0 Å². The number of nitrogens with zero attached hydrogens (tertiary/aromatic N) is 1. The molecule has 0 radical (unpaired) electrons. The molecule has 3 nitrogen and oxygen atoms in total. The normalized spacial score (nSPS) is 14.3. The fourth-order valence-corrected chi connectivity index (χ4v) is 2.60. The minimum absolute atomic E-state index is 0.0858. The highest BCUT2D eigenvalue weighted by Gasteiger charge is 2.34. The second-order valence-electron chi connectivity index (χ2n) is 4.90. The number of carbonyl (C=O) groups excluding carboxylic acids is 1. The summed E-state index contributed by atoms with van der Waals surface area (Å²) in [6, 6.07) is 8.25. The molecule has 1 aromatic carbocycles. The van der Waals surface area contributed by atoms with Crippen LogP contribution < -0.4 is 0 Å². The first-order valence-corrected chi connectivity index (χ1v) is 7.23. The first-order chi connectivity index (χ1) is 9.65. The Kier molecular flexibility index (Phi) is 3.61. The van der Waals surface area contributed by atoms with Gasteiger partial charge in [0, 0.05) is 12.6 Å². The van der Waals surface area contributed by atoms with E-state index < -0.39 is 0 Å². The molecule has 1 fully saturated rings. The Balaban J connectivity index is 1.83. The molecule has 1 aliphatic rings. The van der Waals surface area contributed by atoms with E-state index in [4.69, 9.17) is 4.42 Å². The number of halogens is 2. The van der Waals surface area contributed by atoms with Gasteiger partial charge in [0.1, 0.15) is 5.82 Å². The topological polar surface area (TPSA) is 33.5 Å². The van der Waals surface area contributed by atoms with Crippen molar-refractivity contribution in [3.63, 3.8) is 0 Å². The lowest BCUT2D eigenvalue weighted by Gasteiger charge is -2.22. The van der Waals surface area contributed by atoms with Crippen LogP contribution in [-0.4, -0.2) is 16.8 Å². The summed E-state index contributed by atoms with van der Waals surface area (Å²) >= 11 is 3.23. The number of benzene rings is 1. The van der Waals surface area contributed by atoms with Crippen LogP contribution in [0.4, 0.5) is 4.39 Å². The van der Waals surface area contributed by atoms with Crippen molar-refractivity contribution in [2.75, 3.05) is 0 Å². The molecule has 3 rings (SSSR count). The van der Waals surface area contributed by atoms with Crippen LogP contribution in [0.3, 0.4) is 0 Å². The van der Waals surface area contributed by atoms with E-state index in [9.17, 15) is 9.18 Å². The van der Waals surface area contributed by atoms with E-state index in [1.165, 1.54) is 18.4 Å². The van der Waals surface area contributed by atoms with Crippen molar-refractivity contribution in [2.45, 2.75) is 25.4 Å². The van der Waals surface area contributed by atoms with Gasteiger partial charge in [-0.15, -0.1) is 0 Å². The maximum Gasteiger partial charge on any atom is 0.258 e. The van der Waals surface area contributed by atoms with Crippen LogP contribution in [0.2, 0.25) is 0 Å². The maximum atomic E-state index is 13.2. The van der Waals surface area contributed by atoms with Crippen molar-refractivity contribution >= 4 is 21.8 Å². The lowest BCUT2D eigenvalue weighted by atomic mass is 10.2. The van der Waals surface area contributed by atoms with Crippen molar-refractivity contribution in [1.29, 1.82) is 0 Å². The van der Waals surface area contributed by atoms with Crippen molar-refractivity contribution in [1.82, 2.24) is 4.90 Å². The molecule has 104 valence electrons. The molecule has 5 heteroatoms. The second-order valence-corrected chi connectivity index (χ2v) is 5.62. The van der Waals surface area contributed by atoms with Crippen molar-refractivity contribution in [2.24, 2.45) is 0 Å². The predicted octanol–water partition coefficient (Wildman–Crippen LogP) is 3.99. The van der Waals surface area contributed by atoms with Gasteiger partial charge in [-0.3, -0.25) is 4.79 Å². The Morgan fingerprint density at radius 3 is 2.80 bits per heavy atom. The Morgan fingerprint density at radius 1 is 1.40 bits per heavy atom. The second kappa shape index (κ2) is 5.40. The summed E-state index contributed by atoms with van der Waals surface area (Å²) in [6.07, 6.45) is 3.47. The zero-order chi connectivity index (χ0) is 14.1. The summed E-state index contributed by atoms with van der Waals surface area (Å²) in [7, 11) is 0. The van der Waals surface area contributed by atoms with Crippen molar-refractivity contribution in [3.05, 3.63) is 58.2 Å². The first kappa shape index (κ1) is 13.4. The van der Waals surface area contributed by atoms with Gasteiger partial charge in [0.25, 0.3) is 5.91 Å². The van der Waals surface area contributed by atoms with E-state index in [1.807, 2.05) is 6.07 Å². The lowest BCUT2D eigenvalue weighted by Crippen LogP contribution is -2.32. The molecule has 0 atom stereocenters. The standard InChI is InChI=1S/C15H13BrFNO2/c16-14-13(6-7-20-14)15(19)18(12-4-5-12)9-10-2-1-3-11(17)8-10/h1-3,6-8,12H,4-5,9H2. The van der Waals surface area contributed by atoms with Crippen LogP contribution in [0.15, 0.2) is 45.7 Å². The number of hydrogen-bond donors (Lipinski definition) is 0. The van der Waals surface area contributed by atoms with Gasteiger partial charge in [0.05, 0.1) is 11.8 Å². The number of rotatable bonds is 4. The largest absolute Gasteiger partial charge is 0.457 e. The molecule has 0 unspecified atom stereocenters. The van der Waals surface area contributed by atoms with Gasteiger partial charge in [-0.05, 0) is 52.5 Å². The molecule has 2 aromatic rings. The van der Waals surface area contributed by atoms with Crippen LogP contribution in [0.5, 0.6) is 0 Å². The average Bonchev–Trinajstić information content (AvgIpc) is 3.17. The Bertz CT molecular complexity index is 636. The summed E-state index contributed by atoms with van der Waals surface area (Å²) in [5.74, 6) is -0.368. The lowest BCUT2D eigenvalue weighted by molar-refractivity contribution is 0.0727. The highest BCUT2D eigenvalue weighted by molar-refractivity contribution is 9.10. The SMILES string of the molecule is O=C(c1ccoc1Br)N(Cc1cccc(F)c1)C1CC1. The first-order valence-electron chi connectivity index (χ1n) is 6.43. The van der Waals surface area contributed by atoms with Crippen molar-refractivity contribution < 1.29 is 13.6 Å². The molecule has 0 spiro atoms. The van der Waals surface area contributed by atoms with Crippen LogP contribution in [0.25, 0.3) is 0 Å². The van der Waals surface area contributed by atoms with E-state index in [-0.39, 0.29) is 17.8 Å². The van der Waals surface area contributed by atoms with E-state index in [0.717, 1.165) is 18.4 Å². The van der Waals surface area contributed by atoms with Gasteiger partial charge in [-0.2, -0.15) is 0 Å². The molecule has 1 heterocycles. The smallest absolute Gasteiger partial charge is 0.258 e. The highest BCUT2D eigenvalue weighted by atomic mass is 79.9. The van der Waals surface area contributed by atoms with Gasteiger partial charge in [-0.1, -0.05) is 12.1 Å². The van der Waals surface area contributed by atoms with E-state index in [2.05, 4.69) is 15.9 Å². The monoisotopic (exact) mass is 337 g/mol. The Labute approximate surface area is 124 Å². The van der Waals surface area contributed by atoms with Crippen LogP contribution in [0.1, 0.15) is 28.8 Å². The molecule has 1 saturated carbocycles. The fraction of sp³-hybridized carbons (Fsp3) is 0.267. The van der Waals surface area contributed by atoms with Gasteiger partial charge >= 0.3 is 0 Å². The quantitative estimate of drug-likeness (QED) is 0.845. The Morgan fingerprint density at radius 2 is 2.20 bits per heavy atom. The third-order valence-electron chi connectivity index (χ3n) is 3.34. The van der Waals surface area contributed by atoms with E-state index in [1.54, 1.807) is 17.0 Å². The third kappa shape index (κ3) is 2.77. The molecule has 1 amide bonds. The maximum absolute atomic E-state index is 13.2.